The van der Waals surface area contributed by atoms with Gasteiger partial charge < -0.3 is 10.2 Å². The average molecular weight is 445 g/mol. The number of halogens is 1. The van der Waals surface area contributed by atoms with Crippen molar-refractivity contribution >= 4 is 35.2 Å². The number of nitrogens with zero attached hydrogens (tertiary/aromatic N) is 1. The van der Waals surface area contributed by atoms with Crippen LogP contribution in [0.5, 0.6) is 0 Å². The summed E-state index contributed by atoms with van der Waals surface area (Å²) in [6.07, 6.45) is 4.35. The summed E-state index contributed by atoms with van der Waals surface area (Å²) in [7, 11) is 0. The lowest BCUT2D eigenvalue weighted by molar-refractivity contribution is -0.138. The van der Waals surface area contributed by atoms with Crippen LogP contribution >= 0.6 is 23.4 Å². The maximum atomic E-state index is 13.1. The molecule has 2 amide bonds. The molecule has 3 rings (SSSR count). The average Bonchev–Trinajstić information content (AvgIpc) is 3.25. The predicted octanol–water partition coefficient (Wildman–Crippen LogP) is 5.22. The molecule has 1 fully saturated rings. The number of nitrogens with one attached hydrogen (secondary N) is 1. The second kappa shape index (κ2) is 10.9. The van der Waals surface area contributed by atoms with E-state index in [0.29, 0.717) is 11.6 Å². The molecule has 2 aromatic rings. The van der Waals surface area contributed by atoms with Crippen molar-refractivity contribution in [2.75, 3.05) is 5.75 Å². The van der Waals surface area contributed by atoms with Gasteiger partial charge in [0.05, 0.1) is 5.75 Å². The van der Waals surface area contributed by atoms with E-state index < -0.39 is 6.04 Å². The molecule has 6 heteroatoms. The quantitative estimate of drug-likeness (QED) is 0.568. The molecule has 1 N–H and O–H groups in total. The van der Waals surface area contributed by atoms with Gasteiger partial charge in [-0.3, -0.25) is 9.59 Å². The van der Waals surface area contributed by atoms with E-state index in [2.05, 4.69) is 5.32 Å². The summed E-state index contributed by atoms with van der Waals surface area (Å²) in [6, 6.07) is 15.2. The number of carbonyl (C=O) groups is 2. The van der Waals surface area contributed by atoms with Crippen LogP contribution in [0.4, 0.5) is 0 Å². The Labute approximate surface area is 188 Å². The van der Waals surface area contributed by atoms with Gasteiger partial charge in [-0.25, -0.2) is 0 Å². The van der Waals surface area contributed by atoms with Gasteiger partial charge in [0.25, 0.3) is 0 Å². The number of hydrogen-bond acceptors (Lipinski definition) is 3. The van der Waals surface area contributed by atoms with Gasteiger partial charge in [-0.15, -0.1) is 11.8 Å². The lowest BCUT2D eigenvalue weighted by Crippen LogP contribution is -2.50. The van der Waals surface area contributed by atoms with Crippen LogP contribution in [0.2, 0.25) is 5.02 Å². The summed E-state index contributed by atoms with van der Waals surface area (Å²) in [6.45, 7) is 4.23. The zero-order chi connectivity index (χ0) is 21.5. The molecule has 2 aromatic carbocycles. The van der Waals surface area contributed by atoms with Crippen molar-refractivity contribution in [3.63, 3.8) is 0 Å². The molecule has 1 unspecified atom stereocenters. The van der Waals surface area contributed by atoms with E-state index >= 15 is 0 Å². The number of carbonyl (C=O) groups excluding carboxylic acids is 2. The van der Waals surface area contributed by atoms with E-state index in [9.17, 15) is 9.59 Å². The summed E-state index contributed by atoms with van der Waals surface area (Å²) in [5, 5.41) is 3.78. The van der Waals surface area contributed by atoms with Gasteiger partial charge in [-0.05, 0) is 56.5 Å². The molecular weight excluding hydrogens is 416 g/mol. The standard InChI is InChI=1S/C24H29ClN2O2S/c1-17-7-13-22(14-8-17)30-16-23(28)27(15-19-9-11-20(25)12-10-19)18(2)24(29)26-21-5-3-4-6-21/h7-14,18,21H,3-6,15-16H2,1-2H3,(H,26,29). The zero-order valence-corrected chi connectivity index (χ0v) is 19.1. The molecule has 0 radical (unpaired) electrons. The summed E-state index contributed by atoms with van der Waals surface area (Å²) in [4.78, 5) is 28.7. The molecule has 0 aliphatic heterocycles. The molecule has 0 heterocycles. The number of rotatable bonds is 8. The van der Waals surface area contributed by atoms with Gasteiger partial charge in [0.15, 0.2) is 0 Å². The lowest BCUT2D eigenvalue weighted by atomic mass is 10.1. The van der Waals surface area contributed by atoms with Crippen LogP contribution in [-0.4, -0.2) is 34.6 Å². The third kappa shape index (κ3) is 6.51. The lowest BCUT2D eigenvalue weighted by Gasteiger charge is -2.29. The van der Waals surface area contributed by atoms with E-state index in [4.69, 9.17) is 11.6 Å². The van der Waals surface area contributed by atoms with Crippen LogP contribution < -0.4 is 5.32 Å². The Morgan fingerprint density at radius 1 is 1.10 bits per heavy atom. The van der Waals surface area contributed by atoms with Gasteiger partial charge in [-0.1, -0.05) is 54.3 Å². The van der Waals surface area contributed by atoms with E-state index in [-0.39, 0.29) is 23.6 Å². The number of benzene rings is 2. The fourth-order valence-electron chi connectivity index (χ4n) is 3.62. The Hall–Kier alpha value is -1.98. The second-order valence-electron chi connectivity index (χ2n) is 7.92. The highest BCUT2D eigenvalue weighted by atomic mass is 35.5. The number of aryl methyl sites for hydroxylation is 1. The molecule has 1 aliphatic rings. The maximum absolute atomic E-state index is 13.1. The molecule has 1 aliphatic carbocycles. The molecule has 0 aromatic heterocycles. The molecule has 30 heavy (non-hydrogen) atoms. The van der Waals surface area contributed by atoms with Crippen molar-refractivity contribution in [2.24, 2.45) is 0 Å². The van der Waals surface area contributed by atoms with Gasteiger partial charge in [0, 0.05) is 22.5 Å². The Balaban J connectivity index is 1.69. The Morgan fingerprint density at radius 3 is 2.37 bits per heavy atom. The normalized spacial score (nSPS) is 15.0. The van der Waals surface area contributed by atoms with Gasteiger partial charge in [-0.2, -0.15) is 0 Å². The van der Waals surface area contributed by atoms with Crippen LogP contribution in [0.15, 0.2) is 53.4 Å². The van der Waals surface area contributed by atoms with Crippen molar-refractivity contribution in [1.29, 1.82) is 0 Å². The summed E-state index contributed by atoms with van der Waals surface area (Å²) < 4.78 is 0. The molecule has 4 nitrogen and oxygen atoms in total. The van der Waals surface area contributed by atoms with Crippen LogP contribution in [0, 0.1) is 6.92 Å². The molecule has 0 saturated heterocycles. The minimum atomic E-state index is -0.535. The first kappa shape index (κ1) is 22.7. The van der Waals surface area contributed by atoms with E-state index in [1.165, 1.54) is 17.3 Å². The van der Waals surface area contributed by atoms with Crippen LogP contribution in [-0.2, 0) is 16.1 Å². The van der Waals surface area contributed by atoms with E-state index in [1.54, 1.807) is 4.90 Å². The van der Waals surface area contributed by atoms with Crippen molar-refractivity contribution in [3.05, 3.63) is 64.7 Å². The van der Waals surface area contributed by atoms with Crippen LogP contribution in [0.3, 0.4) is 0 Å². The van der Waals surface area contributed by atoms with Crippen LogP contribution in [0.1, 0.15) is 43.7 Å². The van der Waals surface area contributed by atoms with Crippen molar-refractivity contribution in [2.45, 2.75) is 63.1 Å². The minimum absolute atomic E-state index is 0.0513. The van der Waals surface area contributed by atoms with Gasteiger partial charge in [0.1, 0.15) is 6.04 Å². The smallest absolute Gasteiger partial charge is 0.242 e. The first-order chi connectivity index (χ1) is 14.4. The highest BCUT2D eigenvalue weighted by Crippen LogP contribution is 2.22. The first-order valence-corrected chi connectivity index (χ1v) is 11.8. The SMILES string of the molecule is Cc1ccc(SCC(=O)N(Cc2ccc(Cl)cc2)C(C)C(=O)NC2CCCC2)cc1. The summed E-state index contributed by atoms with van der Waals surface area (Å²) in [5.41, 5.74) is 2.14. The predicted molar refractivity (Wildman–Crippen MR) is 124 cm³/mol. The zero-order valence-electron chi connectivity index (χ0n) is 17.6. The van der Waals surface area contributed by atoms with Crippen molar-refractivity contribution in [1.82, 2.24) is 10.2 Å². The number of hydrogen-bond donors (Lipinski definition) is 1. The van der Waals surface area contributed by atoms with Gasteiger partial charge >= 0.3 is 0 Å². The highest BCUT2D eigenvalue weighted by Gasteiger charge is 2.28. The van der Waals surface area contributed by atoms with Crippen LogP contribution in [0.25, 0.3) is 0 Å². The molecule has 0 bridgehead atoms. The summed E-state index contributed by atoms with van der Waals surface area (Å²) in [5.74, 6) is 0.159. The second-order valence-corrected chi connectivity index (χ2v) is 9.40. The van der Waals surface area contributed by atoms with Crippen molar-refractivity contribution < 1.29 is 9.59 Å². The van der Waals surface area contributed by atoms with Gasteiger partial charge in [0.2, 0.25) is 11.8 Å². The maximum Gasteiger partial charge on any atom is 0.242 e. The Morgan fingerprint density at radius 2 is 1.73 bits per heavy atom. The van der Waals surface area contributed by atoms with E-state index in [1.807, 2.05) is 62.4 Å². The molecule has 1 atom stereocenters. The number of thioether (sulfide) groups is 1. The fourth-order valence-corrected chi connectivity index (χ4v) is 4.53. The Kier molecular flexibility index (Phi) is 8.23. The molecular formula is C24H29ClN2O2S. The Bertz CT molecular complexity index is 849. The van der Waals surface area contributed by atoms with E-state index in [0.717, 1.165) is 36.1 Å². The topological polar surface area (TPSA) is 49.4 Å². The first-order valence-electron chi connectivity index (χ1n) is 10.5. The molecule has 160 valence electrons. The number of amides is 2. The largest absolute Gasteiger partial charge is 0.352 e. The third-order valence-electron chi connectivity index (χ3n) is 5.52. The monoisotopic (exact) mass is 444 g/mol. The fraction of sp³-hybridized carbons (Fsp3) is 0.417. The highest BCUT2D eigenvalue weighted by molar-refractivity contribution is 8.00. The third-order valence-corrected chi connectivity index (χ3v) is 6.77. The summed E-state index contributed by atoms with van der Waals surface area (Å²) >= 11 is 7.50. The minimum Gasteiger partial charge on any atom is -0.352 e. The van der Waals surface area contributed by atoms with Crippen molar-refractivity contribution in [3.8, 4) is 0 Å². The molecule has 1 saturated carbocycles. The molecule has 0 spiro atoms.